The lowest BCUT2D eigenvalue weighted by Crippen LogP contribution is -2.42. The van der Waals surface area contributed by atoms with Gasteiger partial charge in [-0.25, -0.2) is 9.78 Å². The monoisotopic (exact) mass is 547 g/mol. The highest BCUT2D eigenvalue weighted by molar-refractivity contribution is 7.12. The zero-order chi connectivity index (χ0) is 28.1. The molecule has 3 aromatic rings. The van der Waals surface area contributed by atoms with Gasteiger partial charge in [0.1, 0.15) is 5.82 Å². The molecule has 0 bridgehead atoms. The molecule has 3 aromatic heterocycles. The molecule has 0 saturated heterocycles. The van der Waals surface area contributed by atoms with E-state index in [0.717, 1.165) is 22.9 Å². The van der Waals surface area contributed by atoms with E-state index in [0.29, 0.717) is 19.6 Å². The Bertz CT molecular complexity index is 1180. The summed E-state index contributed by atoms with van der Waals surface area (Å²) >= 11 is 1.45. The minimum atomic E-state index is -2.74. The Morgan fingerprint density at radius 1 is 1.00 bits per heavy atom. The molecule has 3 rings (SSSR count). The number of thiophene rings is 1. The third-order valence-electron chi connectivity index (χ3n) is 5.14. The van der Waals surface area contributed by atoms with Gasteiger partial charge in [0.25, 0.3) is 5.91 Å². The molecule has 204 valence electrons. The third-order valence-corrected chi connectivity index (χ3v) is 6.01. The van der Waals surface area contributed by atoms with Gasteiger partial charge >= 0.3 is 17.9 Å². The first-order valence-corrected chi connectivity index (χ1v) is 12.2. The van der Waals surface area contributed by atoms with Crippen LogP contribution in [0.15, 0.2) is 54.3 Å². The molecule has 0 fully saturated rings. The number of pyridine rings is 1. The summed E-state index contributed by atoms with van der Waals surface area (Å²) in [6.45, 7) is 2.71. The summed E-state index contributed by atoms with van der Waals surface area (Å²) in [4.78, 5) is 54.3. The lowest BCUT2D eigenvalue weighted by molar-refractivity contribution is -0.170. The second kappa shape index (κ2) is 14.6. The van der Waals surface area contributed by atoms with Crippen molar-refractivity contribution in [2.45, 2.75) is 31.5 Å². The lowest BCUT2D eigenvalue weighted by Gasteiger charge is -2.21. The van der Waals surface area contributed by atoms with Crippen LogP contribution in [0.2, 0.25) is 0 Å². The zero-order valence-electron chi connectivity index (χ0n) is 20.6. The normalized spacial score (nSPS) is 10.9. The maximum atomic E-state index is 12.1. The molecule has 0 aliphatic rings. The number of carboxylic acids is 3. The molecular formula is C24H29N5O8S. The van der Waals surface area contributed by atoms with E-state index in [-0.39, 0.29) is 5.91 Å². The van der Waals surface area contributed by atoms with E-state index in [4.69, 9.17) is 20.4 Å². The average Bonchev–Trinajstić information content (AvgIpc) is 3.51. The van der Waals surface area contributed by atoms with Gasteiger partial charge in [0.05, 0.1) is 30.0 Å². The first-order chi connectivity index (χ1) is 18.0. The fourth-order valence-electron chi connectivity index (χ4n) is 3.22. The van der Waals surface area contributed by atoms with Crippen molar-refractivity contribution < 1.29 is 39.6 Å². The first-order valence-electron chi connectivity index (χ1n) is 11.3. The predicted molar refractivity (Wildman–Crippen MR) is 135 cm³/mol. The van der Waals surface area contributed by atoms with Gasteiger partial charge in [-0.15, -0.1) is 11.3 Å². The van der Waals surface area contributed by atoms with E-state index < -0.39 is 36.4 Å². The number of carboxylic acid groups (broad SMARTS) is 3. The molecule has 0 atom stereocenters. The van der Waals surface area contributed by atoms with E-state index in [2.05, 4.69) is 20.2 Å². The van der Waals surface area contributed by atoms with Crippen molar-refractivity contribution in [1.29, 1.82) is 0 Å². The van der Waals surface area contributed by atoms with Crippen LogP contribution in [0.1, 0.15) is 34.0 Å². The molecule has 13 nitrogen and oxygen atoms in total. The quantitative estimate of drug-likeness (QED) is 0.205. The number of imidazole rings is 1. The molecule has 38 heavy (non-hydrogen) atoms. The number of nitrogens with one attached hydrogen (secondary N) is 1. The molecule has 0 saturated carbocycles. The minimum absolute atomic E-state index is 0.0234. The molecule has 0 radical (unpaired) electrons. The summed E-state index contributed by atoms with van der Waals surface area (Å²) in [5.41, 5.74) is -1.74. The number of carbonyl (C=O) groups excluding carboxylic acids is 1. The number of aliphatic hydroxyl groups is 1. The van der Waals surface area contributed by atoms with Gasteiger partial charge in [0.2, 0.25) is 0 Å². The van der Waals surface area contributed by atoms with E-state index >= 15 is 0 Å². The highest BCUT2D eigenvalue weighted by atomic mass is 32.1. The topological polar surface area (TPSA) is 195 Å². The molecule has 5 N–H and O–H groups in total. The SMILES string of the molecule is Cn1ccnc1CN(CCNC(=O)c1cccs1)Cc1ccccn1.O=C(O)CC(O)(CC(=O)O)C(=O)O. The third kappa shape index (κ3) is 10.1. The van der Waals surface area contributed by atoms with E-state index in [1.54, 1.807) is 12.4 Å². The van der Waals surface area contributed by atoms with Gasteiger partial charge in [-0.05, 0) is 23.6 Å². The number of amides is 1. The van der Waals surface area contributed by atoms with Crippen LogP contribution in [0.25, 0.3) is 0 Å². The second-order valence-electron chi connectivity index (χ2n) is 8.20. The summed E-state index contributed by atoms with van der Waals surface area (Å²) in [6, 6.07) is 9.62. The smallest absolute Gasteiger partial charge is 0.336 e. The van der Waals surface area contributed by atoms with Crippen molar-refractivity contribution in [3.8, 4) is 0 Å². The number of aromatic nitrogens is 3. The van der Waals surface area contributed by atoms with Gasteiger partial charge in [0, 0.05) is 45.3 Å². The van der Waals surface area contributed by atoms with Crippen LogP contribution in [0.5, 0.6) is 0 Å². The number of aliphatic carboxylic acids is 3. The van der Waals surface area contributed by atoms with Crippen molar-refractivity contribution in [2.75, 3.05) is 13.1 Å². The number of rotatable bonds is 13. The second-order valence-corrected chi connectivity index (χ2v) is 9.14. The number of hydrogen-bond donors (Lipinski definition) is 5. The summed E-state index contributed by atoms with van der Waals surface area (Å²) in [7, 11) is 1.99. The lowest BCUT2D eigenvalue weighted by atomic mass is 9.96. The van der Waals surface area contributed by atoms with Crippen LogP contribution in [0.4, 0.5) is 0 Å². The van der Waals surface area contributed by atoms with Gasteiger partial charge in [-0.1, -0.05) is 12.1 Å². The van der Waals surface area contributed by atoms with Crippen LogP contribution < -0.4 is 5.32 Å². The Hall–Kier alpha value is -4.14. The predicted octanol–water partition coefficient (Wildman–Crippen LogP) is 1.06. The molecule has 1 amide bonds. The van der Waals surface area contributed by atoms with Gasteiger partial charge in [-0.2, -0.15) is 0 Å². The summed E-state index contributed by atoms with van der Waals surface area (Å²) in [5.74, 6) is -4.06. The number of carbonyl (C=O) groups is 4. The highest BCUT2D eigenvalue weighted by Crippen LogP contribution is 2.15. The molecule has 0 aliphatic heterocycles. The Morgan fingerprint density at radius 3 is 2.21 bits per heavy atom. The minimum Gasteiger partial charge on any atom is -0.481 e. The summed E-state index contributed by atoms with van der Waals surface area (Å²) < 4.78 is 2.01. The average molecular weight is 548 g/mol. The highest BCUT2D eigenvalue weighted by Gasteiger charge is 2.40. The Balaban J connectivity index is 0.000000332. The van der Waals surface area contributed by atoms with Crippen LogP contribution in [-0.2, 0) is 34.5 Å². The van der Waals surface area contributed by atoms with Gasteiger partial charge < -0.3 is 30.3 Å². The fourth-order valence-corrected chi connectivity index (χ4v) is 3.86. The Morgan fingerprint density at radius 2 is 1.71 bits per heavy atom. The van der Waals surface area contributed by atoms with Crippen LogP contribution in [0, 0.1) is 0 Å². The van der Waals surface area contributed by atoms with Crippen molar-refractivity contribution in [2.24, 2.45) is 7.05 Å². The maximum Gasteiger partial charge on any atom is 0.336 e. The van der Waals surface area contributed by atoms with Gasteiger partial charge in [-0.3, -0.25) is 24.3 Å². The molecule has 3 heterocycles. The van der Waals surface area contributed by atoms with Gasteiger partial charge in [0.15, 0.2) is 5.60 Å². The fraction of sp³-hybridized carbons (Fsp3) is 0.333. The number of aryl methyl sites for hydroxylation is 1. The van der Waals surface area contributed by atoms with Crippen LogP contribution in [-0.4, -0.2) is 82.4 Å². The summed E-state index contributed by atoms with van der Waals surface area (Å²) in [6.07, 6.45) is 3.25. The van der Waals surface area contributed by atoms with Crippen molar-refractivity contribution >= 4 is 35.2 Å². The van der Waals surface area contributed by atoms with E-state index in [1.807, 2.05) is 53.5 Å². The van der Waals surface area contributed by atoms with Crippen molar-refractivity contribution in [3.05, 3.63) is 70.7 Å². The molecule has 0 aliphatic carbocycles. The van der Waals surface area contributed by atoms with Crippen LogP contribution in [0.3, 0.4) is 0 Å². The largest absolute Gasteiger partial charge is 0.481 e. The standard InChI is InChI=1S/C18H21N5OS.C6H8O7/c1-22-10-8-20-17(22)14-23(13-15-5-2-3-7-19-15)11-9-21-18(24)16-6-4-12-25-16;7-3(8)1-6(13,5(11)12)2-4(9)10/h2-8,10,12H,9,11,13-14H2,1H3,(H,21,24);13H,1-2H2,(H,7,8)(H,9,10)(H,11,12). The molecule has 0 spiro atoms. The molecule has 0 aromatic carbocycles. The number of hydrogen-bond acceptors (Lipinski definition) is 9. The molecule has 14 heteroatoms. The first kappa shape index (κ1) is 30.1. The Kier molecular flexibility index (Phi) is 11.5. The number of nitrogens with zero attached hydrogens (tertiary/aromatic N) is 4. The van der Waals surface area contributed by atoms with Crippen molar-refractivity contribution in [1.82, 2.24) is 24.8 Å². The zero-order valence-corrected chi connectivity index (χ0v) is 21.4. The molecular weight excluding hydrogens is 518 g/mol. The Labute approximate surface area is 222 Å². The van der Waals surface area contributed by atoms with Crippen molar-refractivity contribution in [3.63, 3.8) is 0 Å². The summed E-state index contributed by atoms with van der Waals surface area (Å²) in [5, 5.41) is 38.7. The maximum absolute atomic E-state index is 12.1. The van der Waals surface area contributed by atoms with E-state index in [1.165, 1.54) is 11.3 Å². The molecule has 0 unspecified atom stereocenters. The van der Waals surface area contributed by atoms with E-state index in [9.17, 15) is 19.2 Å². The van der Waals surface area contributed by atoms with Crippen LogP contribution >= 0.6 is 11.3 Å².